The fraction of sp³-hybridized carbons (Fsp3) is 0.647. The predicted molar refractivity (Wildman–Crippen MR) is 116 cm³/mol. The van der Waals surface area contributed by atoms with Crippen molar-refractivity contribution in [2.45, 2.75) is 31.1 Å². The van der Waals surface area contributed by atoms with E-state index in [0.717, 1.165) is 25.3 Å². The van der Waals surface area contributed by atoms with Crippen LogP contribution in [-0.4, -0.2) is 73.9 Å². The van der Waals surface area contributed by atoms with Crippen molar-refractivity contribution in [1.82, 2.24) is 20.5 Å². The number of nitrogens with zero attached hydrogens (tertiary/aromatic N) is 4. The van der Waals surface area contributed by atoms with Crippen molar-refractivity contribution in [3.8, 4) is 0 Å². The van der Waals surface area contributed by atoms with E-state index in [1.807, 2.05) is 6.07 Å². The fourth-order valence-corrected chi connectivity index (χ4v) is 3.83. The van der Waals surface area contributed by atoms with E-state index in [4.69, 9.17) is 11.6 Å². The van der Waals surface area contributed by atoms with E-state index in [-0.39, 0.29) is 36.1 Å². The second-order valence-corrected chi connectivity index (χ2v) is 7.34. The van der Waals surface area contributed by atoms with E-state index < -0.39 is 12.7 Å². The predicted octanol–water partition coefficient (Wildman–Crippen LogP) is 2.73. The topological polar surface area (TPSA) is 55.8 Å². The minimum absolute atomic E-state index is 0. The Morgan fingerprint density at radius 2 is 1.93 bits per heavy atom. The van der Waals surface area contributed by atoms with Crippen molar-refractivity contribution in [1.29, 1.82) is 0 Å². The Morgan fingerprint density at radius 1 is 1.25 bits per heavy atom. The molecule has 0 radical (unpaired) electrons. The van der Waals surface area contributed by atoms with Crippen LogP contribution in [0.3, 0.4) is 0 Å². The van der Waals surface area contributed by atoms with Crippen LogP contribution in [0.2, 0.25) is 5.02 Å². The van der Waals surface area contributed by atoms with Gasteiger partial charge < -0.3 is 15.5 Å². The summed E-state index contributed by atoms with van der Waals surface area (Å²) in [5, 5.41) is 7.23. The molecule has 2 atom stereocenters. The maximum absolute atomic E-state index is 12.5. The van der Waals surface area contributed by atoms with Crippen LogP contribution in [0.1, 0.15) is 12.8 Å². The second kappa shape index (κ2) is 10.1. The Bertz CT molecular complexity index is 675. The third-order valence-electron chi connectivity index (χ3n) is 4.81. The van der Waals surface area contributed by atoms with E-state index in [2.05, 4.69) is 25.5 Å². The van der Waals surface area contributed by atoms with Gasteiger partial charge in [-0.1, -0.05) is 11.6 Å². The lowest BCUT2D eigenvalue weighted by molar-refractivity contribution is -0.143. The minimum Gasteiger partial charge on any atom is -0.353 e. The number of pyridine rings is 1. The number of anilines is 1. The van der Waals surface area contributed by atoms with Gasteiger partial charge in [0.2, 0.25) is 0 Å². The molecule has 3 heterocycles. The maximum Gasteiger partial charge on any atom is 0.401 e. The maximum atomic E-state index is 12.5. The normalized spacial score (nSPS) is 23.6. The molecule has 0 aliphatic carbocycles. The van der Waals surface area contributed by atoms with E-state index >= 15 is 0 Å². The molecule has 1 aromatic rings. The first-order chi connectivity index (χ1) is 12.8. The summed E-state index contributed by atoms with van der Waals surface area (Å²) in [6, 6.07) is 3.74. The third kappa shape index (κ3) is 6.51. The SMILES string of the molecule is CN=C(NC1CCN(CC(F)(F)F)C1)NC1CCN(c2ncccc2Cl)C1.I. The smallest absolute Gasteiger partial charge is 0.353 e. The highest BCUT2D eigenvalue weighted by molar-refractivity contribution is 14.0. The van der Waals surface area contributed by atoms with Gasteiger partial charge in [0.05, 0.1) is 11.6 Å². The number of likely N-dealkylation sites (tertiary alicyclic amines) is 1. The van der Waals surface area contributed by atoms with Gasteiger partial charge in [-0.05, 0) is 25.0 Å². The van der Waals surface area contributed by atoms with E-state index in [0.29, 0.717) is 30.5 Å². The number of halogens is 5. The number of hydrogen-bond donors (Lipinski definition) is 2. The highest BCUT2D eigenvalue weighted by atomic mass is 127. The zero-order chi connectivity index (χ0) is 19.4. The molecule has 0 amide bonds. The third-order valence-corrected chi connectivity index (χ3v) is 5.10. The Hall–Kier alpha value is -1.01. The number of aromatic nitrogens is 1. The molecule has 0 spiro atoms. The largest absolute Gasteiger partial charge is 0.401 e. The molecular weight excluding hydrogens is 508 g/mol. The van der Waals surface area contributed by atoms with Crippen LogP contribution >= 0.6 is 35.6 Å². The molecule has 2 aliphatic rings. The summed E-state index contributed by atoms with van der Waals surface area (Å²) in [6.07, 6.45) is -0.875. The standard InChI is InChI=1S/C17H24ClF3N6.HI/c1-22-16(24-12-4-7-26(9-12)11-17(19,20)21)25-13-5-8-27(10-13)15-14(18)3-2-6-23-15;/h2-3,6,12-13H,4-5,7-11H2,1H3,(H2,22,24,25);1H. The number of guanidine groups is 1. The Kier molecular flexibility index (Phi) is 8.44. The van der Waals surface area contributed by atoms with E-state index in [9.17, 15) is 13.2 Å². The van der Waals surface area contributed by atoms with Gasteiger partial charge in [0.25, 0.3) is 0 Å². The van der Waals surface area contributed by atoms with Crippen molar-refractivity contribution in [3.63, 3.8) is 0 Å². The van der Waals surface area contributed by atoms with Crippen LogP contribution in [0.5, 0.6) is 0 Å². The highest BCUT2D eigenvalue weighted by Gasteiger charge is 2.34. The number of rotatable bonds is 4. The van der Waals surface area contributed by atoms with Crippen LogP contribution in [-0.2, 0) is 0 Å². The quantitative estimate of drug-likeness (QED) is 0.355. The number of aliphatic imine (C=N–C) groups is 1. The molecular formula is C17H25ClF3IN6. The summed E-state index contributed by atoms with van der Waals surface area (Å²) < 4.78 is 37.6. The summed E-state index contributed by atoms with van der Waals surface area (Å²) in [5.41, 5.74) is 0. The van der Waals surface area contributed by atoms with Crippen molar-refractivity contribution >= 4 is 47.4 Å². The minimum atomic E-state index is -4.16. The number of nitrogens with one attached hydrogen (secondary N) is 2. The van der Waals surface area contributed by atoms with Gasteiger partial charge in [-0.2, -0.15) is 13.2 Å². The molecule has 0 bridgehead atoms. The van der Waals surface area contributed by atoms with Gasteiger partial charge in [-0.25, -0.2) is 4.98 Å². The van der Waals surface area contributed by atoms with Crippen LogP contribution in [0, 0.1) is 0 Å². The average Bonchev–Trinajstić information content (AvgIpc) is 3.23. The van der Waals surface area contributed by atoms with Crippen LogP contribution < -0.4 is 15.5 Å². The Balaban J connectivity index is 0.00000280. The number of hydrogen-bond acceptors (Lipinski definition) is 4. The zero-order valence-electron chi connectivity index (χ0n) is 15.5. The molecule has 2 N–H and O–H groups in total. The van der Waals surface area contributed by atoms with E-state index in [1.54, 1.807) is 19.3 Å². The summed E-state index contributed by atoms with van der Waals surface area (Å²) in [5.74, 6) is 1.39. The molecule has 11 heteroatoms. The summed E-state index contributed by atoms with van der Waals surface area (Å²) >= 11 is 6.21. The first-order valence-electron chi connectivity index (χ1n) is 8.98. The van der Waals surface area contributed by atoms with Gasteiger partial charge in [-0.15, -0.1) is 24.0 Å². The number of alkyl halides is 3. The second-order valence-electron chi connectivity index (χ2n) is 6.94. The van der Waals surface area contributed by atoms with Gasteiger partial charge in [0.15, 0.2) is 5.96 Å². The molecule has 158 valence electrons. The molecule has 0 aromatic carbocycles. The molecule has 2 fully saturated rings. The molecule has 2 saturated heterocycles. The monoisotopic (exact) mass is 532 g/mol. The first-order valence-corrected chi connectivity index (χ1v) is 9.36. The fourth-order valence-electron chi connectivity index (χ4n) is 3.59. The van der Waals surface area contributed by atoms with Crippen molar-refractivity contribution in [2.75, 3.05) is 44.7 Å². The van der Waals surface area contributed by atoms with Gasteiger partial charge >= 0.3 is 6.18 Å². The zero-order valence-corrected chi connectivity index (χ0v) is 18.6. The van der Waals surface area contributed by atoms with Gasteiger partial charge in [0, 0.05) is 51.5 Å². The lowest BCUT2D eigenvalue weighted by Crippen LogP contribution is -2.49. The summed E-state index contributed by atoms with van der Waals surface area (Å²) in [4.78, 5) is 12.1. The molecule has 6 nitrogen and oxygen atoms in total. The Morgan fingerprint density at radius 3 is 2.57 bits per heavy atom. The molecule has 2 aliphatic heterocycles. The van der Waals surface area contributed by atoms with Crippen molar-refractivity contribution in [2.24, 2.45) is 4.99 Å². The Labute approximate surface area is 184 Å². The van der Waals surface area contributed by atoms with Gasteiger partial charge in [-0.3, -0.25) is 9.89 Å². The highest BCUT2D eigenvalue weighted by Crippen LogP contribution is 2.25. The molecule has 28 heavy (non-hydrogen) atoms. The molecule has 1 aromatic heterocycles. The molecule has 3 rings (SSSR count). The van der Waals surface area contributed by atoms with E-state index in [1.165, 1.54) is 4.90 Å². The average molecular weight is 533 g/mol. The van der Waals surface area contributed by atoms with Crippen molar-refractivity contribution in [3.05, 3.63) is 23.4 Å². The lowest BCUT2D eigenvalue weighted by atomic mass is 10.2. The van der Waals surface area contributed by atoms with Crippen LogP contribution in [0.15, 0.2) is 23.3 Å². The van der Waals surface area contributed by atoms with Gasteiger partial charge in [0.1, 0.15) is 5.82 Å². The summed E-state index contributed by atoms with van der Waals surface area (Å²) in [6.45, 7) is 1.50. The summed E-state index contributed by atoms with van der Waals surface area (Å²) in [7, 11) is 1.67. The van der Waals surface area contributed by atoms with Crippen LogP contribution in [0.25, 0.3) is 0 Å². The molecule has 0 saturated carbocycles. The van der Waals surface area contributed by atoms with Crippen LogP contribution in [0.4, 0.5) is 19.0 Å². The molecule has 2 unspecified atom stereocenters. The first kappa shape index (κ1) is 23.3. The van der Waals surface area contributed by atoms with Crippen molar-refractivity contribution < 1.29 is 13.2 Å². The lowest BCUT2D eigenvalue weighted by Gasteiger charge is -2.22.